The Morgan fingerprint density at radius 1 is 1.15 bits per heavy atom. The zero-order valence-corrected chi connectivity index (χ0v) is 12.3. The highest BCUT2D eigenvalue weighted by molar-refractivity contribution is 5.35. The third kappa shape index (κ3) is 2.96. The predicted octanol–water partition coefficient (Wildman–Crippen LogP) is 3.30. The first-order valence-corrected chi connectivity index (χ1v) is 7.75. The molecule has 1 unspecified atom stereocenters. The number of hydrogen-bond donors (Lipinski definition) is 1. The standard InChI is InChI=1S/C18H24N2/c1-2-18(19)11-15-8-9-20(13-15)12-14-6-7-16-4-3-5-17(16)10-14/h6-10,13,18H,2-5,11-12,19H2,1H3. The number of aryl methyl sites for hydroxylation is 2. The Bertz CT molecular complexity index is 583. The third-order valence-electron chi connectivity index (χ3n) is 4.36. The van der Waals surface area contributed by atoms with E-state index in [0.29, 0.717) is 0 Å². The van der Waals surface area contributed by atoms with E-state index in [2.05, 4.69) is 48.1 Å². The van der Waals surface area contributed by atoms with Crippen LogP contribution in [0, 0.1) is 0 Å². The molecule has 1 aromatic carbocycles. The van der Waals surface area contributed by atoms with Gasteiger partial charge in [-0.05, 0) is 60.4 Å². The molecule has 2 nitrogen and oxygen atoms in total. The van der Waals surface area contributed by atoms with Gasteiger partial charge in [0.25, 0.3) is 0 Å². The van der Waals surface area contributed by atoms with E-state index in [0.717, 1.165) is 19.4 Å². The predicted molar refractivity (Wildman–Crippen MR) is 84.0 cm³/mol. The van der Waals surface area contributed by atoms with E-state index < -0.39 is 0 Å². The number of fused-ring (bicyclic) bond motifs is 1. The highest BCUT2D eigenvalue weighted by Gasteiger charge is 2.11. The van der Waals surface area contributed by atoms with Gasteiger partial charge in [-0.2, -0.15) is 0 Å². The SMILES string of the molecule is CCC(N)Cc1ccn(Cc2ccc3c(c2)CCC3)c1. The average molecular weight is 268 g/mol. The molecule has 1 heterocycles. The number of aromatic nitrogens is 1. The molecule has 1 aliphatic rings. The minimum absolute atomic E-state index is 0.283. The van der Waals surface area contributed by atoms with Crippen LogP contribution in [0.15, 0.2) is 36.7 Å². The Labute approximate surface area is 121 Å². The largest absolute Gasteiger partial charge is 0.350 e. The molecular weight excluding hydrogens is 244 g/mol. The molecular formula is C18H24N2. The molecule has 0 spiro atoms. The summed E-state index contributed by atoms with van der Waals surface area (Å²) in [6.07, 6.45) is 10.3. The number of hydrogen-bond acceptors (Lipinski definition) is 1. The maximum atomic E-state index is 6.02. The maximum Gasteiger partial charge on any atom is 0.0470 e. The second kappa shape index (κ2) is 5.84. The molecule has 0 saturated heterocycles. The summed E-state index contributed by atoms with van der Waals surface area (Å²) in [5.74, 6) is 0. The molecule has 0 radical (unpaired) electrons. The molecule has 1 aliphatic carbocycles. The van der Waals surface area contributed by atoms with Crippen molar-refractivity contribution in [2.24, 2.45) is 5.73 Å². The minimum Gasteiger partial charge on any atom is -0.350 e. The van der Waals surface area contributed by atoms with Crippen LogP contribution in [-0.2, 0) is 25.8 Å². The molecule has 20 heavy (non-hydrogen) atoms. The molecule has 2 N–H and O–H groups in total. The molecule has 0 amide bonds. The monoisotopic (exact) mass is 268 g/mol. The first-order valence-electron chi connectivity index (χ1n) is 7.75. The van der Waals surface area contributed by atoms with Crippen LogP contribution in [0.5, 0.6) is 0 Å². The summed E-state index contributed by atoms with van der Waals surface area (Å²) in [4.78, 5) is 0. The van der Waals surface area contributed by atoms with E-state index in [4.69, 9.17) is 5.73 Å². The second-order valence-electron chi connectivity index (χ2n) is 6.02. The van der Waals surface area contributed by atoms with Crippen molar-refractivity contribution in [2.45, 2.75) is 51.6 Å². The van der Waals surface area contributed by atoms with E-state index in [1.807, 2.05) is 0 Å². The number of benzene rings is 1. The summed E-state index contributed by atoms with van der Waals surface area (Å²) >= 11 is 0. The van der Waals surface area contributed by atoms with Gasteiger partial charge in [-0.25, -0.2) is 0 Å². The molecule has 1 aromatic heterocycles. The van der Waals surface area contributed by atoms with Gasteiger partial charge in [0.05, 0.1) is 0 Å². The summed E-state index contributed by atoms with van der Waals surface area (Å²) in [6.45, 7) is 3.11. The van der Waals surface area contributed by atoms with Crippen molar-refractivity contribution in [3.8, 4) is 0 Å². The van der Waals surface area contributed by atoms with Crippen LogP contribution >= 0.6 is 0 Å². The lowest BCUT2D eigenvalue weighted by Crippen LogP contribution is -2.21. The molecule has 106 valence electrons. The molecule has 1 atom stereocenters. The zero-order chi connectivity index (χ0) is 13.9. The van der Waals surface area contributed by atoms with Crippen LogP contribution in [0.3, 0.4) is 0 Å². The first kappa shape index (κ1) is 13.4. The molecule has 0 fully saturated rings. The van der Waals surface area contributed by atoms with Crippen molar-refractivity contribution in [3.63, 3.8) is 0 Å². The van der Waals surface area contributed by atoms with Crippen LogP contribution in [0.4, 0.5) is 0 Å². The Kier molecular flexibility index (Phi) is 3.93. The Balaban J connectivity index is 1.68. The van der Waals surface area contributed by atoms with Crippen molar-refractivity contribution >= 4 is 0 Å². The number of nitrogens with two attached hydrogens (primary N) is 1. The molecule has 2 aromatic rings. The first-order chi connectivity index (χ1) is 9.74. The molecule has 0 bridgehead atoms. The van der Waals surface area contributed by atoms with Gasteiger partial charge >= 0.3 is 0 Å². The van der Waals surface area contributed by atoms with E-state index in [9.17, 15) is 0 Å². The van der Waals surface area contributed by atoms with Gasteiger partial charge in [0.2, 0.25) is 0 Å². The van der Waals surface area contributed by atoms with Gasteiger partial charge in [0.1, 0.15) is 0 Å². The van der Waals surface area contributed by atoms with E-state index >= 15 is 0 Å². The van der Waals surface area contributed by atoms with Crippen LogP contribution in [-0.4, -0.2) is 10.6 Å². The van der Waals surface area contributed by atoms with Crippen LogP contribution in [0.2, 0.25) is 0 Å². The van der Waals surface area contributed by atoms with Crippen LogP contribution < -0.4 is 5.73 Å². The quantitative estimate of drug-likeness (QED) is 0.886. The Morgan fingerprint density at radius 2 is 2.00 bits per heavy atom. The van der Waals surface area contributed by atoms with Crippen molar-refractivity contribution < 1.29 is 0 Å². The highest BCUT2D eigenvalue weighted by Crippen LogP contribution is 2.23. The van der Waals surface area contributed by atoms with E-state index in [-0.39, 0.29) is 6.04 Å². The topological polar surface area (TPSA) is 30.9 Å². The summed E-state index contributed by atoms with van der Waals surface area (Å²) in [5, 5.41) is 0. The molecule has 0 saturated carbocycles. The second-order valence-corrected chi connectivity index (χ2v) is 6.02. The number of rotatable bonds is 5. The Hall–Kier alpha value is -1.54. The maximum absolute atomic E-state index is 6.02. The van der Waals surface area contributed by atoms with Gasteiger partial charge in [0, 0.05) is 25.0 Å². The van der Waals surface area contributed by atoms with E-state index in [1.54, 1.807) is 11.1 Å². The lowest BCUT2D eigenvalue weighted by atomic mass is 10.1. The summed E-state index contributed by atoms with van der Waals surface area (Å²) < 4.78 is 2.27. The van der Waals surface area contributed by atoms with Crippen LogP contribution in [0.1, 0.15) is 42.0 Å². The molecule has 2 heteroatoms. The minimum atomic E-state index is 0.283. The molecule has 0 aliphatic heterocycles. The van der Waals surface area contributed by atoms with Crippen molar-refractivity contribution in [2.75, 3.05) is 0 Å². The summed E-state index contributed by atoms with van der Waals surface area (Å²) in [5.41, 5.74) is 11.9. The lowest BCUT2D eigenvalue weighted by Gasteiger charge is -2.07. The van der Waals surface area contributed by atoms with Gasteiger partial charge < -0.3 is 10.3 Å². The highest BCUT2D eigenvalue weighted by atomic mass is 14.9. The van der Waals surface area contributed by atoms with Gasteiger partial charge in [-0.3, -0.25) is 0 Å². The number of nitrogens with zero attached hydrogens (tertiary/aromatic N) is 1. The lowest BCUT2D eigenvalue weighted by molar-refractivity contribution is 0.645. The van der Waals surface area contributed by atoms with Crippen LogP contribution in [0.25, 0.3) is 0 Å². The van der Waals surface area contributed by atoms with Gasteiger partial charge in [0.15, 0.2) is 0 Å². The van der Waals surface area contributed by atoms with Gasteiger partial charge in [-0.15, -0.1) is 0 Å². The van der Waals surface area contributed by atoms with E-state index in [1.165, 1.54) is 30.4 Å². The fourth-order valence-corrected chi connectivity index (χ4v) is 3.09. The fourth-order valence-electron chi connectivity index (χ4n) is 3.09. The van der Waals surface area contributed by atoms with Crippen molar-refractivity contribution in [1.29, 1.82) is 0 Å². The van der Waals surface area contributed by atoms with Crippen molar-refractivity contribution in [1.82, 2.24) is 4.57 Å². The van der Waals surface area contributed by atoms with Crippen molar-refractivity contribution in [3.05, 3.63) is 58.9 Å². The zero-order valence-electron chi connectivity index (χ0n) is 12.3. The molecule has 3 rings (SSSR count). The normalized spacial score (nSPS) is 15.3. The summed E-state index contributed by atoms with van der Waals surface area (Å²) in [6, 6.07) is 9.46. The fraction of sp³-hybridized carbons (Fsp3) is 0.444. The average Bonchev–Trinajstić information content (AvgIpc) is 3.07. The third-order valence-corrected chi connectivity index (χ3v) is 4.36. The Morgan fingerprint density at radius 3 is 2.85 bits per heavy atom. The smallest absolute Gasteiger partial charge is 0.0470 e. The summed E-state index contributed by atoms with van der Waals surface area (Å²) in [7, 11) is 0. The van der Waals surface area contributed by atoms with Gasteiger partial charge in [-0.1, -0.05) is 25.1 Å².